The highest BCUT2D eigenvalue weighted by Gasteiger charge is 2.36. The Kier molecular flexibility index (Phi) is 6.20. The van der Waals surface area contributed by atoms with Crippen LogP contribution in [0, 0.1) is 11.6 Å². The molecule has 0 spiro atoms. The molecule has 2 heterocycles. The zero-order valence-corrected chi connectivity index (χ0v) is 18.6. The average molecular weight is 479 g/mol. The van der Waals surface area contributed by atoms with Crippen LogP contribution >= 0.6 is 11.3 Å². The Bertz CT molecular complexity index is 1260. The smallest absolute Gasteiger partial charge is 0.237 e. The van der Waals surface area contributed by atoms with Gasteiger partial charge in [0, 0.05) is 17.1 Å². The molecule has 7 nitrogen and oxygen atoms in total. The SMILES string of the molecule is CCC(C(=O)Nc1ccc(-c2cncc(F)c2)cc1F)c1csc(NS(=O)(=O)C2CC2)n1. The number of nitrogens with zero attached hydrogens (tertiary/aromatic N) is 2. The number of rotatable bonds is 8. The molecule has 1 saturated carbocycles. The molecule has 0 radical (unpaired) electrons. The van der Waals surface area contributed by atoms with Crippen LogP contribution in [-0.4, -0.2) is 29.5 Å². The molecule has 1 fully saturated rings. The van der Waals surface area contributed by atoms with E-state index in [1.165, 1.54) is 24.4 Å². The molecule has 1 aromatic carbocycles. The van der Waals surface area contributed by atoms with E-state index in [0.717, 1.165) is 17.5 Å². The highest BCUT2D eigenvalue weighted by atomic mass is 32.2. The third kappa shape index (κ3) is 4.94. The number of halogens is 2. The lowest BCUT2D eigenvalue weighted by Gasteiger charge is -2.14. The number of nitrogens with one attached hydrogen (secondary N) is 2. The van der Waals surface area contributed by atoms with E-state index >= 15 is 0 Å². The summed E-state index contributed by atoms with van der Waals surface area (Å²) in [7, 11) is -3.44. The zero-order chi connectivity index (χ0) is 22.9. The third-order valence-electron chi connectivity index (χ3n) is 5.06. The first-order valence-electron chi connectivity index (χ1n) is 9.95. The van der Waals surface area contributed by atoms with E-state index in [1.54, 1.807) is 18.4 Å². The number of hydrogen-bond acceptors (Lipinski definition) is 6. The van der Waals surface area contributed by atoms with Gasteiger partial charge in [0.05, 0.1) is 28.7 Å². The summed E-state index contributed by atoms with van der Waals surface area (Å²) in [4.78, 5) is 20.8. The summed E-state index contributed by atoms with van der Waals surface area (Å²) in [6.07, 6.45) is 4.13. The lowest BCUT2D eigenvalue weighted by molar-refractivity contribution is -0.117. The number of sulfonamides is 1. The summed E-state index contributed by atoms with van der Waals surface area (Å²) in [6, 6.07) is 5.39. The Hall–Kier alpha value is -2.92. The Labute approximate surface area is 188 Å². The van der Waals surface area contributed by atoms with Crippen LogP contribution in [0.15, 0.2) is 42.0 Å². The van der Waals surface area contributed by atoms with Crippen molar-refractivity contribution >= 4 is 38.1 Å². The Morgan fingerprint density at radius 2 is 2.00 bits per heavy atom. The molecule has 4 rings (SSSR count). The highest BCUT2D eigenvalue weighted by molar-refractivity contribution is 7.93. The normalized spacial score (nSPS) is 14.7. The topological polar surface area (TPSA) is 101 Å². The van der Waals surface area contributed by atoms with E-state index in [0.29, 0.717) is 36.1 Å². The van der Waals surface area contributed by atoms with Crippen LogP contribution in [0.5, 0.6) is 0 Å². The number of benzene rings is 1. The molecule has 1 amide bonds. The van der Waals surface area contributed by atoms with E-state index < -0.39 is 33.5 Å². The van der Waals surface area contributed by atoms with Gasteiger partial charge in [-0.25, -0.2) is 22.2 Å². The summed E-state index contributed by atoms with van der Waals surface area (Å²) in [5.41, 5.74) is 1.22. The van der Waals surface area contributed by atoms with Crippen LogP contribution in [0.1, 0.15) is 37.8 Å². The van der Waals surface area contributed by atoms with Crippen molar-refractivity contribution in [3.8, 4) is 11.1 Å². The molecular weight excluding hydrogens is 458 g/mol. The van der Waals surface area contributed by atoms with Crippen molar-refractivity contribution in [1.82, 2.24) is 9.97 Å². The van der Waals surface area contributed by atoms with Crippen molar-refractivity contribution in [2.24, 2.45) is 0 Å². The summed E-state index contributed by atoms with van der Waals surface area (Å²) < 4.78 is 54.6. The van der Waals surface area contributed by atoms with E-state index in [1.807, 2.05) is 0 Å². The second kappa shape index (κ2) is 8.91. The zero-order valence-electron chi connectivity index (χ0n) is 17.0. The second-order valence-electron chi connectivity index (χ2n) is 7.46. The number of carbonyl (C=O) groups is 1. The largest absolute Gasteiger partial charge is 0.323 e. The molecule has 1 aliphatic carbocycles. The molecule has 0 aliphatic heterocycles. The van der Waals surface area contributed by atoms with Crippen LogP contribution in [0.3, 0.4) is 0 Å². The van der Waals surface area contributed by atoms with Crippen LogP contribution in [0.25, 0.3) is 11.1 Å². The van der Waals surface area contributed by atoms with Gasteiger partial charge in [0.1, 0.15) is 11.6 Å². The number of aromatic nitrogens is 2. The highest BCUT2D eigenvalue weighted by Crippen LogP contribution is 2.32. The number of hydrogen-bond donors (Lipinski definition) is 2. The molecule has 2 N–H and O–H groups in total. The first-order valence-corrected chi connectivity index (χ1v) is 12.4. The van der Waals surface area contributed by atoms with E-state index in [4.69, 9.17) is 0 Å². The van der Waals surface area contributed by atoms with Crippen molar-refractivity contribution in [2.45, 2.75) is 37.4 Å². The minimum atomic E-state index is -3.44. The van der Waals surface area contributed by atoms with Gasteiger partial charge in [-0.1, -0.05) is 13.0 Å². The van der Waals surface area contributed by atoms with Gasteiger partial charge in [0.2, 0.25) is 15.9 Å². The predicted molar refractivity (Wildman–Crippen MR) is 119 cm³/mol. The monoisotopic (exact) mass is 478 g/mol. The van der Waals surface area contributed by atoms with Gasteiger partial charge >= 0.3 is 0 Å². The molecule has 3 aromatic rings. The van der Waals surface area contributed by atoms with E-state index in [9.17, 15) is 22.0 Å². The standard InChI is InChI=1S/C21H20F2N4O3S2/c1-2-16(19-11-31-21(26-19)27-32(29,30)15-4-5-15)20(28)25-18-6-3-12(8-17(18)23)13-7-14(22)10-24-9-13/h3,6-11,15-16H,2,4-5H2,1H3,(H,25,28)(H,26,27). The number of anilines is 2. The number of pyridine rings is 1. The fraction of sp³-hybridized carbons (Fsp3) is 0.286. The van der Waals surface area contributed by atoms with E-state index in [-0.39, 0.29) is 16.1 Å². The molecule has 2 aromatic heterocycles. The van der Waals surface area contributed by atoms with Gasteiger partial charge in [-0.15, -0.1) is 11.3 Å². The van der Waals surface area contributed by atoms with Crippen LogP contribution in [0.4, 0.5) is 19.6 Å². The minimum Gasteiger partial charge on any atom is -0.323 e. The van der Waals surface area contributed by atoms with Crippen molar-refractivity contribution in [1.29, 1.82) is 0 Å². The summed E-state index contributed by atoms with van der Waals surface area (Å²) in [5.74, 6) is -2.36. The van der Waals surface area contributed by atoms with Crippen LogP contribution in [0.2, 0.25) is 0 Å². The molecule has 168 valence electrons. The number of amides is 1. The molecule has 1 unspecified atom stereocenters. The molecule has 32 heavy (non-hydrogen) atoms. The Morgan fingerprint density at radius 3 is 2.66 bits per heavy atom. The van der Waals surface area contributed by atoms with Crippen molar-refractivity contribution in [2.75, 3.05) is 10.0 Å². The Morgan fingerprint density at radius 1 is 1.22 bits per heavy atom. The van der Waals surface area contributed by atoms with Gasteiger partial charge < -0.3 is 5.32 Å². The van der Waals surface area contributed by atoms with Gasteiger partial charge in [0.25, 0.3) is 0 Å². The van der Waals surface area contributed by atoms with E-state index in [2.05, 4.69) is 20.0 Å². The molecule has 11 heteroatoms. The van der Waals surface area contributed by atoms with Gasteiger partial charge in [-0.05, 0) is 43.0 Å². The molecule has 1 aliphatic rings. The maximum atomic E-state index is 14.6. The first-order chi connectivity index (χ1) is 15.3. The fourth-order valence-electron chi connectivity index (χ4n) is 3.19. The average Bonchev–Trinajstić information content (AvgIpc) is 3.52. The van der Waals surface area contributed by atoms with Gasteiger partial charge in [0.15, 0.2) is 5.13 Å². The summed E-state index contributed by atoms with van der Waals surface area (Å²) in [6.45, 7) is 1.79. The van der Waals surface area contributed by atoms with Crippen LogP contribution in [-0.2, 0) is 14.8 Å². The number of carbonyl (C=O) groups excluding carboxylic acids is 1. The molecule has 1 atom stereocenters. The number of thiazole rings is 1. The van der Waals surface area contributed by atoms with Gasteiger partial charge in [-0.2, -0.15) is 0 Å². The lowest BCUT2D eigenvalue weighted by Crippen LogP contribution is -2.22. The fourth-order valence-corrected chi connectivity index (χ4v) is 5.55. The third-order valence-corrected chi connectivity index (χ3v) is 7.79. The maximum Gasteiger partial charge on any atom is 0.237 e. The molecular formula is C21H20F2N4O3S2. The summed E-state index contributed by atoms with van der Waals surface area (Å²) in [5, 5.41) is 4.00. The lowest BCUT2D eigenvalue weighted by atomic mass is 10.0. The van der Waals surface area contributed by atoms with Crippen LogP contribution < -0.4 is 10.0 Å². The summed E-state index contributed by atoms with van der Waals surface area (Å²) >= 11 is 1.10. The van der Waals surface area contributed by atoms with Gasteiger partial charge in [-0.3, -0.25) is 14.5 Å². The molecule has 0 bridgehead atoms. The van der Waals surface area contributed by atoms with Crippen molar-refractivity contribution in [3.05, 3.63) is 59.4 Å². The maximum absolute atomic E-state index is 14.6. The minimum absolute atomic E-state index is 0.0218. The first kappa shape index (κ1) is 22.3. The quantitative estimate of drug-likeness (QED) is 0.496. The Balaban J connectivity index is 1.47. The van der Waals surface area contributed by atoms with Crippen molar-refractivity contribution < 1.29 is 22.0 Å². The van der Waals surface area contributed by atoms with Crippen molar-refractivity contribution in [3.63, 3.8) is 0 Å². The molecule has 0 saturated heterocycles. The second-order valence-corrected chi connectivity index (χ2v) is 10.3. The predicted octanol–water partition coefficient (Wildman–Crippen LogP) is 4.52.